The van der Waals surface area contributed by atoms with Gasteiger partial charge in [-0.2, -0.15) is 4.98 Å². The van der Waals surface area contributed by atoms with Crippen molar-refractivity contribution in [3.05, 3.63) is 0 Å². The minimum atomic E-state index is -3.31. The van der Waals surface area contributed by atoms with Gasteiger partial charge in [-0.15, -0.1) is 5.10 Å². The monoisotopic (exact) mass is 177 g/mol. The number of nitrogen functional groups attached to an aromatic ring is 1. The third-order valence-corrected chi connectivity index (χ3v) is 1.33. The highest BCUT2D eigenvalue weighted by atomic mass is 32.2. The van der Waals surface area contributed by atoms with Crippen molar-refractivity contribution in [3.8, 4) is 0 Å². The quantitative estimate of drug-likeness (QED) is 0.522. The Labute approximate surface area is 63.1 Å². The Morgan fingerprint density at radius 3 is 2.64 bits per heavy atom. The number of hydrogen-bond donors (Lipinski definition) is 3. The maximum atomic E-state index is 10.6. The topological polar surface area (TPSA) is 114 Å². The van der Waals surface area contributed by atoms with Gasteiger partial charge in [0.2, 0.25) is 16.0 Å². The molecule has 62 valence electrons. The molecule has 1 aromatic heterocycles. The molecule has 1 rings (SSSR count). The van der Waals surface area contributed by atoms with Crippen LogP contribution >= 0.6 is 0 Å². The summed E-state index contributed by atoms with van der Waals surface area (Å²) in [6.07, 6.45) is 1.000. The number of nitrogens with two attached hydrogens (primary N) is 1. The number of hydrogen-bond acceptors (Lipinski definition) is 5. The first kappa shape index (κ1) is 7.79. The summed E-state index contributed by atoms with van der Waals surface area (Å²) in [5, 5.41) is 5.73. The Morgan fingerprint density at radius 1 is 1.64 bits per heavy atom. The number of aromatic nitrogens is 3. The third-order valence-electron chi connectivity index (χ3n) is 0.779. The minimum absolute atomic E-state index is 0.0509. The molecule has 0 aliphatic carbocycles. The lowest BCUT2D eigenvalue weighted by Crippen LogP contribution is -2.10. The molecular weight excluding hydrogens is 170 g/mol. The summed E-state index contributed by atoms with van der Waals surface area (Å²) < 4.78 is 23.2. The second-order valence-corrected chi connectivity index (χ2v) is 3.67. The molecule has 0 spiro atoms. The summed E-state index contributed by atoms with van der Waals surface area (Å²) >= 11 is 0. The first-order valence-corrected chi connectivity index (χ1v) is 4.52. The Bertz CT molecular complexity index is 340. The molecule has 0 radical (unpaired) electrons. The van der Waals surface area contributed by atoms with Crippen LogP contribution in [-0.2, 0) is 10.0 Å². The molecule has 0 aliphatic heterocycles. The van der Waals surface area contributed by atoms with Crippen LogP contribution in [0.1, 0.15) is 0 Å². The van der Waals surface area contributed by atoms with E-state index in [0.717, 1.165) is 6.26 Å². The molecule has 0 atom stereocenters. The fraction of sp³-hybridized carbons (Fsp3) is 0.333. The average molecular weight is 177 g/mol. The molecule has 11 heavy (non-hydrogen) atoms. The highest BCUT2D eigenvalue weighted by molar-refractivity contribution is 7.91. The molecular formula is C3H7N5O2S. The van der Waals surface area contributed by atoms with Crippen LogP contribution < -0.4 is 10.5 Å². The first-order chi connectivity index (χ1) is 4.97. The number of sulfonamides is 1. The summed E-state index contributed by atoms with van der Waals surface area (Å²) in [6, 6.07) is 0. The van der Waals surface area contributed by atoms with E-state index in [9.17, 15) is 8.42 Å². The number of aromatic amines is 1. The standard InChI is InChI=1S/C3H7N5O2S/c1-11(9,10)8-3-5-2(4)6-7-3/h1H3,(H4,4,5,6,7,8). The second kappa shape index (κ2) is 2.38. The fourth-order valence-electron chi connectivity index (χ4n) is 0.486. The maximum absolute atomic E-state index is 10.6. The first-order valence-electron chi connectivity index (χ1n) is 2.63. The van der Waals surface area contributed by atoms with Crippen molar-refractivity contribution in [2.75, 3.05) is 16.7 Å². The van der Waals surface area contributed by atoms with Crippen LogP contribution in [0.25, 0.3) is 0 Å². The number of H-pyrrole nitrogens is 1. The van der Waals surface area contributed by atoms with Gasteiger partial charge in [0.25, 0.3) is 5.95 Å². The van der Waals surface area contributed by atoms with Gasteiger partial charge in [0.1, 0.15) is 0 Å². The van der Waals surface area contributed by atoms with E-state index in [4.69, 9.17) is 5.73 Å². The van der Waals surface area contributed by atoms with E-state index >= 15 is 0 Å². The van der Waals surface area contributed by atoms with Crippen molar-refractivity contribution >= 4 is 21.9 Å². The van der Waals surface area contributed by atoms with E-state index in [1.807, 2.05) is 4.72 Å². The molecule has 4 N–H and O–H groups in total. The van der Waals surface area contributed by atoms with E-state index in [-0.39, 0.29) is 11.9 Å². The Balaban J connectivity index is 2.81. The molecule has 0 fully saturated rings. The highest BCUT2D eigenvalue weighted by Crippen LogP contribution is 1.99. The van der Waals surface area contributed by atoms with Crippen LogP contribution in [0.15, 0.2) is 0 Å². The van der Waals surface area contributed by atoms with E-state index in [2.05, 4.69) is 15.2 Å². The van der Waals surface area contributed by atoms with Crippen molar-refractivity contribution < 1.29 is 8.42 Å². The maximum Gasteiger partial charge on any atom is 0.257 e. The molecule has 0 amide bonds. The molecule has 1 heterocycles. The second-order valence-electron chi connectivity index (χ2n) is 1.92. The zero-order valence-electron chi connectivity index (χ0n) is 5.70. The van der Waals surface area contributed by atoms with Gasteiger partial charge >= 0.3 is 0 Å². The van der Waals surface area contributed by atoms with Crippen molar-refractivity contribution in [1.82, 2.24) is 15.2 Å². The molecule has 0 aliphatic rings. The van der Waals surface area contributed by atoms with Gasteiger partial charge in [0, 0.05) is 0 Å². The number of rotatable bonds is 2. The summed E-state index contributed by atoms with van der Waals surface area (Å²) in [4.78, 5) is 3.52. The number of anilines is 2. The molecule has 1 aromatic rings. The minimum Gasteiger partial charge on any atom is -0.368 e. The Hall–Kier alpha value is -1.31. The molecule has 0 saturated heterocycles. The molecule has 0 saturated carbocycles. The van der Waals surface area contributed by atoms with Crippen molar-refractivity contribution in [1.29, 1.82) is 0 Å². The van der Waals surface area contributed by atoms with Crippen LogP contribution in [-0.4, -0.2) is 29.9 Å². The van der Waals surface area contributed by atoms with Gasteiger partial charge in [-0.3, -0.25) is 4.72 Å². The van der Waals surface area contributed by atoms with Crippen LogP contribution in [0.5, 0.6) is 0 Å². The van der Waals surface area contributed by atoms with Crippen molar-refractivity contribution in [2.45, 2.75) is 0 Å². The fourth-order valence-corrected chi connectivity index (χ4v) is 0.909. The van der Waals surface area contributed by atoms with Crippen molar-refractivity contribution in [2.24, 2.45) is 0 Å². The smallest absolute Gasteiger partial charge is 0.257 e. The summed E-state index contributed by atoms with van der Waals surface area (Å²) in [5.41, 5.74) is 5.13. The lowest BCUT2D eigenvalue weighted by atomic mass is 11.0. The van der Waals surface area contributed by atoms with Gasteiger partial charge in [-0.25, -0.2) is 13.5 Å². The van der Waals surface area contributed by atoms with Crippen molar-refractivity contribution in [3.63, 3.8) is 0 Å². The molecule has 0 aromatic carbocycles. The Kier molecular flexibility index (Phi) is 1.69. The van der Waals surface area contributed by atoms with E-state index in [1.165, 1.54) is 0 Å². The predicted molar refractivity (Wildman–Crippen MR) is 39.3 cm³/mol. The molecule has 8 heteroatoms. The molecule has 7 nitrogen and oxygen atoms in total. The Morgan fingerprint density at radius 2 is 2.27 bits per heavy atom. The van der Waals surface area contributed by atoms with Gasteiger partial charge in [0.05, 0.1) is 6.26 Å². The van der Waals surface area contributed by atoms with Gasteiger partial charge in [-0.05, 0) is 0 Å². The zero-order chi connectivity index (χ0) is 8.48. The van der Waals surface area contributed by atoms with Crippen LogP contribution in [0.3, 0.4) is 0 Å². The van der Waals surface area contributed by atoms with Crippen LogP contribution in [0, 0.1) is 0 Å². The van der Waals surface area contributed by atoms with Crippen LogP contribution in [0.4, 0.5) is 11.9 Å². The van der Waals surface area contributed by atoms with Gasteiger partial charge in [0.15, 0.2) is 0 Å². The normalized spacial score (nSPS) is 11.4. The van der Waals surface area contributed by atoms with E-state index < -0.39 is 10.0 Å². The van der Waals surface area contributed by atoms with Gasteiger partial charge in [-0.1, -0.05) is 0 Å². The summed E-state index contributed by atoms with van der Waals surface area (Å²) in [6.45, 7) is 0. The van der Waals surface area contributed by atoms with E-state index in [1.54, 1.807) is 0 Å². The lowest BCUT2D eigenvalue weighted by Gasteiger charge is -1.93. The molecule has 0 unspecified atom stereocenters. The number of nitrogens with one attached hydrogen (secondary N) is 2. The van der Waals surface area contributed by atoms with E-state index in [0.29, 0.717) is 0 Å². The largest absolute Gasteiger partial charge is 0.368 e. The average Bonchev–Trinajstić information content (AvgIpc) is 2.10. The predicted octanol–water partition coefficient (Wildman–Crippen LogP) is -1.24. The third kappa shape index (κ3) is 2.42. The molecule has 0 bridgehead atoms. The zero-order valence-corrected chi connectivity index (χ0v) is 6.51. The lowest BCUT2D eigenvalue weighted by molar-refractivity contribution is 0.606. The van der Waals surface area contributed by atoms with Gasteiger partial charge < -0.3 is 5.73 Å². The SMILES string of the molecule is CS(=O)(=O)Nc1n[nH]c(N)n1. The van der Waals surface area contributed by atoms with Crippen LogP contribution in [0.2, 0.25) is 0 Å². The summed E-state index contributed by atoms with van der Waals surface area (Å²) in [5.74, 6) is 0.0150. The number of nitrogens with zero attached hydrogens (tertiary/aromatic N) is 2. The highest BCUT2D eigenvalue weighted by Gasteiger charge is 2.05. The summed E-state index contributed by atoms with van der Waals surface area (Å²) in [7, 11) is -3.31.